The number of benzene rings is 1. The number of nitrogens with one attached hydrogen (secondary N) is 1. The van der Waals surface area contributed by atoms with E-state index in [1.54, 1.807) is 0 Å². The van der Waals surface area contributed by atoms with Crippen LogP contribution in [0, 0.1) is 0 Å². The minimum atomic E-state index is -2.66. The van der Waals surface area contributed by atoms with Crippen molar-refractivity contribution in [2.45, 2.75) is 6.43 Å². The van der Waals surface area contributed by atoms with Crippen LogP contribution in [0.2, 0.25) is 0 Å². The van der Waals surface area contributed by atoms with Crippen molar-refractivity contribution in [2.75, 3.05) is 45.8 Å². The van der Waals surface area contributed by atoms with Gasteiger partial charge in [-0.05, 0) is 12.1 Å². The third kappa shape index (κ3) is 4.85. The molecule has 0 aliphatic carbocycles. The van der Waals surface area contributed by atoms with Crippen molar-refractivity contribution in [3.8, 4) is 11.5 Å². The molecular formula is C17H20F2N2O6. The number of amides is 1. The lowest BCUT2D eigenvalue weighted by Crippen LogP contribution is -2.31. The maximum Gasteiger partial charge on any atom is 0.337 e. The number of alkyl halides is 2. The van der Waals surface area contributed by atoms with Crippen LogP contribution in [-0.2, 0) is 14.3 Å². The van der Waals surface area contributed by atoms with E-state index in [2.05, 4.69) is 5.32 Å². The normalized spacial score (nSPS) is 14.0. The Labute approximate surface area is 154 Å². The number of halogens is 2. The smallest absolute Gasteiger partial charge is 0.337 e. The number of carbonyl (C=O) groups is 2. The Morgan fingerprint density at radius 1 is 1.33 bits per heavy atom. The van der Waals surface area contributed by atoms with Gasteiger partial charge in [0.1, 0.15) is 12.3 Å². The molecule has 8 nitrogen and oxygen atoms in total. The lowest BCUT2D eigenvalue weighted by Gasteiger charge is -2.16. The van der Waals surface area contributed by atoms with Gasteiger partial charge in [-0.1, -0.05) is 0 Å². The average Bonchev–Trinajstić information content (AvgIpc) is 2.96. The Balaban J connectivity index is 2.30. The number of hydrogen-bond acceptors (Lipinski definition) is 7. The predicted octanol–water partition coefficient (Wildman–Crippen LogP) is 1.01. The van der Waals surface area contributed by atoms with E-state index < -0.39 is 24.9 Å². The van der Waals surface area contributed by atoms with E-state index in [0.29, 0.717) is 5.69 Å². The topological polar surface area (TPSA) is 97.3 Å². The van der Waals surface area contributed by atoms with Gasteiger partial charge < -0.3 is 29.5 Å². The molecule has 0 unspecified atom stereocenters. The van der Waals surface area contributed by atoms with Crippen LogP contribution in [0.4, 0.5) is 14.5 Å². The number of carbonyl (C=O) groups excluding carboxylic acids is 2. The van der Waals surface area contributed by atoms with E-state index in [4.69, 9.17) is 19.3 Å². The molecule has 0 saturated heterocycles. The summed E-state index contributed by atoms with van der Waals surface area (Å²) < 4.78 is 39.6. The molecule has 1 aliphatic heterocycles. The van der Waals surface area contributed by atoms with Gasteiger partial charge in [0.05, 0.1) is 32.9 Å². The first-order valence-corrected chi connectivity index (χ1v) is 7.98. The van der Waals surface area contributed by atoms with Crippen molar-refractivity contribution in [2.24, 2.45) is 0 Å². The summed E-state index contributed by atoms with van der Waals surface area (Å²) in [5.41, 5.74) is 0.415. The van der Waals surface area contributed by atoms with E-state index in [9.17, 15) is 18.4 Å². The zero-order valence-corrected chi connectivity index (χ0v) is 14.8. The highest BCUT2D eigenvalue weighted by Crippen LogP contribution is 2.32. The van der Waals surface area contributed by atoms with Crippen LogP contribution < -0.4 is 14.8 Å². The minimum absolute atomic E-state index is 0.0136. The molecule has 1 aromatic rings. The van der Waals surface area contributed by atoms with Crippen LogP contribution in [0.25, 0.3) is 0 Å². The molecule has 0 atom stereocenters. The van der Waals surface area contributed by atoms with Gasteiger partial charge in [0, 0.05) is 18.3 Å². The molecule has 0 aromatic heterocycles. The second kappa shape index (κ2) is 9.17. The molecular weight excluding hydrogens is 366 g/mol. The van der Waals surface area contributed by atoms with Gasteiger partial charge in [-0.15, -0.1) is 0 Å². The highest BCUT2D eigenvalue weighted by atomic mass is 19.3. The molecule has 0 bridgehead atoms. The Morgan fingerprint density at radius 2 is 2.07 bits per heavy atom. The molecule has 2 N–H and O–H groups in total. The van der Waals surface area contributed by atoms with Crippen molar-refractivity contribution in [1.29, 1.82) is 0 Å². The van der Waals surface area contributed by atoms with Crippen molar-refractivity contribution in [1.82, 2.24) is 4.90 Å². The zero-order valence-electron chi connectivity index (χ0n) is 14.8. The SMILES string of the molecule is COC(=O)C1=C(Nc2ccc(OC)c(OCC(F)F)c2)C(=O)N(CCO)C1. The summed E-state index contributed by atoms with van der Waals surface area (Å²) in [6.07, 6.45) is -2.66. The lowest BCUT2D eigenvalue weighted by molar-refractivity contribution is -0.136. The molecule has 0 saturated carbocycles. The van der Waals surface area contributed by atoms with E-state index >= 15 is 0 Å². The van der Waals surface area contributed by atoms with Crippen molar-refractivity contribution in [3.05, 3.63) is 29.5 Å². The number of aliphatic hydroxyl groups excluding tert-OH is 1. The fourth-order valence-corrected chi connectivity index (χ4v) is 2.51. The van der Waals surface area contributed by atoms with Crippen LogP contribution in [-0.4, -0.2) is 68.8 Å². The van der Waals surface area contributed by atoms with Gasteiger partial charge in [-0.2, -0.15) is 0 Å². The van der Waals surface area contributed by atoms with Gasteiger partial charge in [-0.3, -0.25) is 4.79 Å². The van der Waals surface area contributed by atoms with Crippen molar-refractivity contribution >= 4 is 17.6 Å². The summed E-state index contributed by atoms with van der Waals surface area (Å²) in [4.78, 5) is 25.7. The number of methoxy groups -OCH3 is 2. The van der Waals surface area contributed by atoms with Gasteiger partial charge in [-0.25, -0.2) is 13.6 Å². The number of esters is 1. The van der Waals surface area contributed by atoms with Gasteiger partial charge in [0.25, 0.3) is 12.3 Å². The first kappa shape index (κ1) is 20.4. The maximum atomic E-state index is 12.5. The van der Waals surface area contributed by atoms with Crippen LogP contribution >= 0.6 is 0 Å². The minimum Gasteiger partial charge on any atom is -0.493 e. The molecule has 1 aliphatic rings. The zero-order chi connectivity index (χ0) is 20.0. The highest BCUT2D eigenvalue weighted by Gasteiger charge is 2.34. The average molecular weight is 386 g/mol. The fraction of sp³-hybridized carbons (Fsp3) is 0.412. The van der Waals surface area contributed by atoms with Crippen LogP contribution in [0.5, 0.6) is 11.5 Å². The summed E-state index contributed by atoms with van der Waals surface area (Å²) in [6, 6.07) is 4.40. The number of β-amino-alcohol motifs (C(OH)–C–C–N with tert-alkyl or cyclic N) is 1. The van der Waals surface area contributed by atoms with E-state index in [0.717, 1.165) is 0 Å². The number of aliphatic hydroxyl groups is 1. The third-order valence-corrected chi connectivity index (χ3v) is 3.75. The van der Waals surface area contributed by atoms with Gasteiger partial charge >= 0.3 is 5.97 Å². The monoisotopic (exact) mass is 386 g/mol. The molecule has 1 amide bonds. The Morgan fingerprint density at radius 3 is 2.67 bits per heavy atom. The predicted molar refractivity (Wildman–Crippen MR) is 90.8 cm³/mol. The molecule has 27 heavy (non-hydrogen) atoms. The summed E-state index contributed by atoms with van der Waals surface area (Å²) >= 11 is 0. The maximum absolute atomic E-state index is 12.5. The van der Waals surface area contributed by atoms with Crippen molar-refractivity contribution < 1.29 is 37.7 Å². The summed E-state index contributed by atoms with van der Waals surface area (Å²) in [5, 5.41) is 11.9. The number of hydrogen-bond donors (Lipinski definition) is 2. The highest BCUT2D eigenvalue weighted by molar-refractivity contribution is 6.08. The summed E-state index contributed by atoms with van der Waals surface area (Å²) in [5.74, 6) is -0.881. The molecule has 1 aromatic carbocycles. The first-order valence-electron chi connectivity index (χ1n) is 7.98. The molecule has 148 valence electrons. The first-order chi connectivity index (χ1) is 12.9. The number of ether oxygens (including phenoxy) is 3. The molecule has 0 fully saturated rings. The molecule has 10 heteroatoms. The van der Waals surface area contributed by atoms with E-state index in [1.165, 1.54) is 37.3 Å². The van der Waals surface area contributed by atoms with Crippen LogP contribution in [0.15, 0.2) is 29.5 Å². The number of rotatable bonds is 9. The Bertz CT molecular complexity index is 738. The second-order valence-electron chi connectivity index (χ2n) is 5.49. The van der Waals surface area contributed by atoms with Crippen LogP contribution in [0.3, 0.4) is 0 Å². The van der Waals surface area contributed by atoms with E-state index in [1.807, 2.05) is 0 Å². The van der Waals surface area contributed by atoms with E-state index in [-0.39, 0.29) is 42.5 Å². The third-order valence-electron chi connectivity index (χ3n) is 3.75. The van der Waals surface area contributed by atoms with Gasteiger partial charge in [0.2, 0.25) is 0 Å². The van der Waals surface area contributed by atoms with Crippen molar-refractivity contribution in [3.63, 3.8) is 0 Å². The Kier molecular flexibility index (Phi) is 6.94. The van der Waals surface area contributed by atoms with Crippen LogP contribution in [0.1, 0.15) is 0 Å². The Hall–Kier alpha value is -2.88. The number of anilines is 1. The quantitative estimate of drug-likeness (QED) is 0.612. The fourth-order valence-electron chi connectivity index (χ4n) is 2.51. The molecule has 2 rings (SSSR count). The standard InChI is InChI=1S/C17H20F2N2O6/c1-25-12-4-3-10(7-13(12)27-9-14(18)19)20-15-11(17(24)26-2)8-21(5-6-22)16(15)23/h3-4,7,14,20,22H,5-6,8-9H2,1-2H3. The summed E-state index contributed by atoms with van der Waals surface area (Å²) in [7, 11) is 2.55. The molecule has 1 heterocycles. The second-order valence-corrected chi connectivity index (χ2v) is 5.49. The lowest BCUT2D eigenvalue weighted by atomic mass is 10.2. The largest absolute Gasteiger partial charge is 0.493 e. The van der Waals surface area contributed by atoms with Gasteiger partial charge in [0.15, 0.2) is 11.5 Å². The molecule has 0 spiro atoms. The molecule has 0 radical (unpaired) electrons. The summed E-state index contributed by atoms with van der Waals surface area (Å²) in [6.45, 7) is -1.05. The number of nitrogens with zero attached hydrogens (tertiary/aromatic N) is 1.